The van der Waals surface area contributed by atoms with Crippen LogP contribution in [0.5, 0.6) is 0 Å². The van der Waals surface area contributed by atoms with Crippen molar-refractivity contribution >= 4 is 27.8 Å². The Bertz CT molecular complexity index is 759. The Morgan fingerprint density at radius 1 is 1.33 bits per heavy atom. The Hall–Kier alpha value is -2.36. The Morgan fingerprint density at radius 3 is 2.83 bits per heavy atom. The third-order valence-corrected chi connectivity index (χ3v) is 3.20. The van der Waals surface area contributed by atoms with Gasteiger partial charge in [-0.05, 0) is 18.1 Å². The van der Waals surface area contributed by atoms with Gasteiger partial charge >= 0.3 is 5.97 Å². The maximum absolute atomic E-state index is 11.2. The Balaban J connectivity index is 2.52. The highest BCUT2D eigenvalue weighted by molar-refractivity contribution is 6.10. The number of aromatic nitrogens is 2. The quantitative estimate of drug-likeness (QED) is 0.723. The first kappa shape index (κ1) is 10.8. The van der Waals surface area contributed by atoms with Crippen molar-refractivity contribution in [1.29, 1.82) is 0 Å². The number of para-hydroxylation sites is 1. The number of hydrogen-bond acceptors (Lipinski definition) is 2. The number of carboxylic acids is 1. The SMILES string of the molecule is CCc1c(C(=O)O)ncc2[nH]c3ccccc3c12. The van der Waals surface area contributed by atoms with Crippen LogP contribution < -0.4 is 0 Å². The summed E-state index contributed by atoms with van der Waals surface area (Å²) < 4.78 is 0. The molecular weight excluding hydrogens is 228 g/mol. The van der Waals surface area contributed by atoms with Gasteiger partial charge in [-0.2, -0.15) is 0 Å². The fourth-order valence-corrected chi connectivity index (χ4v) is 2.44. The zero-order chi connectivity index (χ0) is 12.7. The molecule has 1 aromatic carbocycles. The lowest BCUT2D eigenvalue weighted by molar-refractivity contribution is 0.0689. The van der Waals surface area contributed by atoms with Crippen molar-refractivity contribution in [3.8, 4) is 0 Å². The first-order valence-electron chi connectivity index (χ1n) is 5.84. The van der Waals surface area contributed by atoms with Gasteiger partial charge in [0.05, 0.1) is 11.7 Å². The molecular formula is C14H12N2O2. The maximum Gasteiger partial charge on any atom is 0.354 e. The summed E-state index contributed by atoms with van der Waals surface area (Å²) in [4.78, 5) is 18.5. The highest BCUT2D eigenvalue weighted by Gasteiger charge is 2.16. The number of benzene rings is 1. The lowest BCUT2D eigenvalue weighted by Crippen LogP contribution is -2.05. The number of aromatic amines is 1. The summed E-state index contributed by atoms with van der Waals surface area (Å²) in [5.74, 6) is -0.973. The highest BCUT2D eigenvalue weighted by atomic mass is 16.4. The number of aromatic carboxylic acids is 1. The molecule has 0 radical (unpaired) electrons. The van der Waals surface area contributed by atoms with Crippen LogP contribution in [0.2, 0.25) is 0 Å². The van der Waals surface area contributed by atoms with Crippen molar-refractivity contribution in [2.45, 2.75) is 13.3 Å². The van der Waals surface area contributed by atoms with Crippen LogP contribution in [0.25, 0.3) is 21.8 Å². The zero-order valence-corrected chi connectivity index (χ0v) is 9.90. The minimum atomic E-state index is -0.973. The van der Waals surface area contributed by atoms with E-state index in [1.807, 2.05) is 31.2 Å². The predicted octanol–water partition coefficient (Wildman–Crippen LogP) is 2.98. The predicted molar refractivity (Wildman–Crippen MR) is 69.9 cm³/mol. The molecule has 2 aromatic heterocycles. The van der Waals surface area contributed by atoms with Crippen LogP contribution in [0.4, 0.5) is 0 Å². The van der Waals surface area contributed by atoms with Gasteiger partial charge in [-0.15, -0.1) is 0 Å². The lowest BCUT2D eigenvalue weighted by atomic mass is 10.0. The summed E-state index contributed by atoms with van der Waals surface area (Å²) in [7, 11) is 0. The van der Waals surface area contributed by atoms with Crippen molar-refractivity contribution in [3.63, 3.8) is 0 Å². The number of nitrogens with zero attached hydrogens (tertiary/aromatic N) is 1. The van der Waals surface area contributed by atoms with Crippen LogP contribution in [0, 0.1) is 0 Å². The molecule has 0 aliphatic rings. The van der Waals surface area contributed by atoms with Gasteiger partial charge in [0.25, 0.3) is 0 Å². The molecule has 3 rings (SSSR count). The normalized spacial score (nSPS) is 11.2. The molecule has 0 atom stereocenters. The number of rotatable bonds is 2. The van der Waals surface area contributed by atoms with E-state index in [1.54, 1.807) is 6.20 Å². The number of nitrogens with one attached hydrogen (secondary N) is 1. The largest absolute Gasteiger partial charge is 0.477 e. The Labute approximate surface area is 103 Å². The van der Waals surface area contributed by atoms with Gasteiger partial charge in [0.1, 0.15) is 0 Å². The zero-order valence-electron chi connectivity index (χ0n) is 9.90. The van der Waals surface area contributed by atoms with Gasteiger partial charge in [0.15, 0.2) is 5.69 Å². The number of pyridine rings is 1. The van der Waals surface area contributed by atoms with Crippen LogP contribution in [-0.2, 0) is 6.42 Å². The summed E-state index contributed by atoms with van der Waals surface area (Å²) in [5, 5.41) is 11.2. The average Bonchev–Trinajstić information content (AvgIpc) is 2.75. The summed E-state index contributed by atoms with van der Waals surface area (Å²) in [6.07, 6.45) is 2.24. The van der Waals surface area contributed by atoms with Crippen molar-refractivity contribution < 1.29 is 9.90 Å². The van der Waals surface area contributed by atoms with Gasteiger partial charge in [0.2, 0.25) is 0 Å². The van der Waals surface area contributed by atoms with E-state index in [2.05, 4.69) is 9.97 Å². The average molecular weight is 240 g/mol. The van der Waals surface area contributed by atoms with E-state index < -0.39 is 5.97 Å². The van der Waals surface area contributed by atoms with Crippen LogP contribution >= 0.6 is 0 Å². The molecule has 0 spiro atoms. The minimum absolute atomic E-state index is 0.148. The molecule has 2 N–H and O–H groups in total. The highest BCUT2D eigenvalue weighted by Crippen LogP contribution is 2.29. The molecule has 0 saturated carbocycles. The molecule has 3 aromatic rings. The molecule has 2 heterocycles. The van der Waals surface area contributed by atoms with Crippen LogP contribution in [0.1, 0.15) is 23.0 Å². The van der Waals surface area contributed by atoms with Crippen molar-refractivity contribution in [2.24, 2.45) is 0 Å². The first-order chi connectivity index (χ1) is 8.72. The third-order valence-electron chi connectivity index (χ3n) is 3.20. The van der Waals surface area contributed by atoms with E-state index >= 15 is 0 Å². The fraction of sp³-hybridized carbons (Fsp3) is 0.143. The van der Waals surface area contributed by atoms with E-state index in [4.69, 9.17) is 0 Å². The topological polar surface area (TPSA) is 66.0 Å². The third kappa shape index (κ3) is 1.39. The molecule has 0 fully saturated rings. The maximum atomic E-state index is 11.2. The molecule has 4 nitrogen and oxygen atoms in total. The smallest absolute Gasteiger partial charge is 0.354 e. The number of carboxylic acid groups (broad SMARTS) is 1. The first-order valence-corrected chi connectivity index (χ1v) is 5.84. The van der Waals surface area contributed by atoms with E-state index in [-0.39, 0.29) is 5.69 Å². The summed E-state index contributed by atoms with van der Waals surface area (Å²) >= 11 is 0. The molecule has 18 heavy (non-hydrogen) atoms. The number of carbonyl (C=O) groups is 1. The molecule has 0 unspecified atom stereocenters. The molecule has 0 aliphatic heterocycles. The second-order valence-electron chi connectivity index (χ2n) is 4.20. The molecule has 0 amide bonds. The lowest BCUT2D eigenvalue weighted by Gasteiger charge is -2.04. The second-order valence-corrected chi connectivity index (χ2v) is 4.20. The second kappa shape index (κ2) is 3.84. The Kier molecular flexibility index (Phi) is 2.30. The van der Waals surface area contributed by atoms with Crippen LogP contribution in [0.15, 0.2) is 30.5 Å². The Morgan fingerprint density at radius 2 is 2.11 bits per heavy atom. The number of hydrogen-bond donors (Lipinski definition) is 2. The molecule has 0 aliphatic carbocycles. The number of H-pyrrole nitrogens is 1. The van der Waals surface area contributed by atoms with E-state index in [1.165, 1.54) is 0 Å². The van der Waals surface area contributed by atoms with E-state index in [9.17, 15) is 9.90 Å². The monoisotopic (exact) mass is 240 g/mol. The van der Waals surface area contributed by atoms with Gasteiger partial charge < -0.3 is 10.1 Å². The van der Waals surface area contributed by atoms with Gasteiger partial charge in [-0.3, -0.25) is 0 Å². The van der Waals surface area contributed by atoms with Gasteiger partial charge in [-0.1, -0.05) is 25.1 Å². The van der Waals surface area contributed by atoms with Crippen molar-refractivity contribution in [3.05, 3.63) is 41.7 Å². The standard InChI is InChI=1S/C14H12N2O2/c1-2-8-12-9-5-3-4-6-10(9)16-11(12)7-15-13(8)14(17)18/h3-7,16H,2H2,1H3,(H,17,18). The summed E-state index contributed by atoms with van der Waals surface area (Å²) in [6.45, 7) is 1.95. The van der Waals surface area contributed by atoms with Gasteiger partial charge in [0, 0.05) is 16.3 Å². The molecule has 90 valence electrons. The fourth-order valence-electron chi connectivity index (χ4n) is 2.44. The summed E-state index contributed by atoms with van der Waals surface area (Å²) in [6, 6.07) is 7.89. The summed E-state index contributed by atoms with van der Waals surface area (Å²) in [5.41, 5.74) is 2.83. The minimum Gasteiger partial charge on any atom is -0.477 e. The molecule has 0 bridgehead atoms. The van der Waals surface area contributed by atoms with Crippen LogP contribution in [-0.4, -0.2) is 21.0 Å². The number of aryl methyl sites for hydroxylation is 1. The van der Waals surface area contributed by atoms with E-state index in [0.717, 1.165) is 27.4 Å². The number of fused-ring (bicyclic) bond motifs is 3. The van der Waals surface area contributed by atoms with Crippen molar-refractivity contribution in [1.82, 2.24) is 9.97 Å². The van der Waals surface area contributed by atoms with Crippen molar-refractivity contribution in [2.75, 3.05) is 0 Å². The van der Waals surface area contributed by atoms with Crippen LogP contribution in [0.3, 0.4) is 0 Å². The molecule has 4 heteroatoms. The van der Waals surface area contributed by atoms with Gasteiger partial charge in [-0.25, -0.2) is 9.78 Å². The van der Waals surface area contributed by atoms with E-state index in [0.29, 0.717) is 6.42 Å². The molecule has 0 saturated heterocycles.